The van der Waals surface area contributed by atoms with Crippen LogP contribution < -0.4 is 11.1 Å². The van der Waals surface area contributed by atoms with Crippen molar-refractivity contribution in [2.75, 3.05) is 18.9 Å². The van der Waals surface area contributed by atoms with E-state index >= 15 is 0 Å². The predicted octanol–water partition coefficient (Wildman–Crippen LogP) is 0.293. The summed E-state index contributed by atoms with van der Waals surface area (Å²) in [5, 5.41) is 6.18. The van der Waals surface area contributed by atoms with Crippen LogP contribution in [0.3, 0.4) is 0 Å². The van der Waals surface area contributed by atoms with Gasteiger partial charge in [0.05, 0.1) is 12.1 Å². The van der Waals surface area contributed by atoms with E-state index in [4.69, 9.17) is 10.3 Å². The lowest BCUT2D eigenvalue weighted by Crippen LogP contribution is -2.46. The monoisotopic (exact) mass is 288 g/mol. The molecule has 1 aliphatic carbocycles. The van der Waals surface area contributed by atoms with Gasteiger partial charge in [0.1, 0.15) is 5.76 Å². The van der Waals surface area contributed by atoms with Crippen LogP contribution >= 0.6 is 12.4 Å². The standard InChI is InChI=1S/C11H16N4O3.ClH/c1-7-5-8(14-18-7)13-9(16)6-15(2)10(17)11(12)3-4-11;/h5H,3-4,6,12H2,1-2H3,(H,13,14,16);1H. The first-order valence-corrected chi connectivity index (χ1v) is 5.68. The summed E-state index contributed by atoms with van der Waals surface area (Å²) < 4.78 is 4.82. The van der Waals surface area contributed by atoms with Gasteiger partial charge >= 0.3 is 0 Å². The summed E-state index contributed by atoms with van der Waals surface area (Å²) in [4.78, 5) is 24.8. The van der Waals surface area contributed by atoms with Crippen LogP contribution in [0.5, 0.6) is 0 Å². The molecule has 0 spiro atoms. The molecule has 8 heteroatoms. The number of nitrogens with two attached hydrogens (primary N) is 1. The van der Waals surface area contributed by atoms with E-state index < -0.39 is 5.54 Å². The second kappa shape index (κ2) is 5.58. The number of halogens is 1. The summed E-state index contributed by atoms with van der Waals surface area (Å²) in [5.41, 5.74) is 5.02. The van der Waals surface area contributed by atoms with Crippen LogP contribution in [0.2, 0.25) is 0 Å². The molecule has 0 bridgehead atoms. The van der Waals surface area contributed by atoms with Crippen molar-refractivity contribution < 1.29 is 14.1 Å². The van der Waals surface area contributed by atoms with Crippen molar-refractivity contribution in [3.05, 3.63) is 11.8 Å². The van der Waals surface area contributed by atoms with E-state index in [9.17, 15) is 9.59 Å². The van der Waals surface area contributed by atoms with Crippen LogP contribution in [-0.4, -0.2) is 41.0 Å². The Kier molecular flexibility index (Phi) is 4.54. The smallest absolute Gasteiger partial charge is 0.245 e. The van der Waals surface area contributed by atoms with Crippen molar-refractivity contribution in [3.8, 4) is 0 Å². The Morgan fingerprint density at radius 3 is 2.68 bits per heavy atom. The first kappa shape index (κ1) is 15.5. The second-order valence-electron chi connectivity index (χ2n) is 4.69. The summed E-state index contributed by atoms with van der Waals surface area (Å²) in [5.74, 6) is 0.415. The fraction of sp³-hybridized carbons (Fsp3) is 0.545. The number of nitrogens with one attached hydrogen (secondary N) is 1. The third-order valence-corrected chi connectivity index (χ3v) is 2.84. The summed E-state index contributed by atoms with van der Waals surface area (Å²) in [6.07, 6.45) is 1.36. The van der Waals surface area contributed by atoms with Crippen LogP contribution in [0.4, 0.5) is 5.82 Å². The number of likely N-dealkylation sites (N-methyl/N-ethyl adjacent to an activating group) is 1. The number of amides is 2. The average molecular weight is 289 g/mol. The van der Waals surface area contributed by atoms with E-state index in [0.717, 1.165) is 0 Å². The summed E-state index contributed by atoms with van der Waals surface area (Å²) in [6, 6.07) is 1.60. The lowest BCUT2D eigenvalue weighted by molar-refractivity contribution is -0.135. The van der Waals surface area contributed by atoms with E-state index in [0.29, 0.717) is 24.4 Å². The zero-order valence-corrected chi connectivity index (χ0v) is 11.6. The van der Waals surface area contributed by atoms with Crippen molar-refractivity contribution in [2.24, 2.45) is 5.73 Å². The molecule has 1 aromatic heterocycles. The molecule has 1 saturated carbocycles. The first-order chi connectivity index (χ1) is 8.40. The van der Waals surface area contributed by atoms with E-state index in [-0.39, 0.29) is 30.8 Å². The molecule has 106 valence electrons. The van der Waals surface area contributed by atoms with Gasteiger partial charge in [-0.1, -0.05) is 5.16 Å². The van der Waals surface area contributed by atoms with Gasteiger partial charge in [0.15, 0.2) is 5.82 Å². The molecule has 0 atom stereocenters. The Balaban J connectivity index is 0.00000180. The molecular weight excluding hydrogens is 272 g/mol. The molecular formula is C11H17ClN4O3. The summed E-state index contributed by atoms with van der Waals surface area (Å²) >= 11 is 0. The number of anilines is 1. The predicted molar refractivity (Wildman–Crippen MR) is 70.9 cm³/mol. The quantitative estimate of drug-likeness (QED) is 0.829. The van der Waals surface area contributed by atoms with E-state index in [1.165, 1.54) is 4.90 Å². The molecule has 7 nitrogen and oxygen atoms in total. The van der Waals surface area contributed by atoms with Gasteiger partial charge in [-0.15, -0.1) is 12.4 Å². The van der Waals surface area contributed by atoms with Crippen molar-refractivity contribution in [1.29, 1.82) is 0 Å². The normalized spacial score (nSPS) is 15.3. The van der Waals surface area contributed by atoms with Crippen LogP contribution in [0.1, 0.15) is 18.6 Å². The van der Waals surface area contributed by atoms with Gasteiger partial charge in [-0.05, 0) is 19.8 Å². The van der Waals surface area contributed by atoms with Gasteiger partial charge in [-0.3, -0.25) is 9.59 Å². The molecule has 2 amide bonds. The SMILES string of the molecule is Cc1cc(NC(=O)CN(C)C(=O)C2(N)CC2)no1.Cl. The number of hydrogen-bond acceptors (Lipinski definition) is 5. The minimum Gasteiger partial charge on any atom is -0.360 e. The molecule has 0 aromatic carbocycles. The van der Waals surface area contributed by atoms with Gasteiger partial charge in [0, 0.05) is 13.1 Å². The van der Waals surface area contributed by atoms with Gasteiger partial charge in [-0.25, -0.2) is 0 Å². The van der Waals surface area contributed by atoms with Crippen LogP contribution in [0, 0.1) is 6.92 Å². The average Bonchev–Trinajstić information content (AvgIpc) is 2.92. The molecule has 0 radical (unpaired) electrons. The first-order valence-electron chi connectivity index (χ1n) is 5.68. The third kappa shape index (κ3) is 3.68. The van der Waals surface area contributed by atoms with Crippen LogP contribution in [0.25, 0.3) is 0 Å². The van der Waals surface area contributed by atoms with Crippen LogP contribution in [0.15, 0.2) is 10.6 Å². The number of carbonyl (C=O) groups excluding carboxylic acids is 2. The Morgan fingerprint density at radius 1 is 1.58 bits per heavy atom. The zero-order chi connectivity index (χ0) is 13.3. The van der Waals surface area contributed by atoms with Crippen LogP contribution in [-0.2, 0) is 9.59 Å². The molecule has 0 saturated heterocycles. The zero-order valence-electron chi connectivity index (χ0n) is 10.8. The van der Waals surface area contributed by atoms with Gasteiger partial charge < -0.3 is 20.5 Å². The van der Waals surface area contributed by atoms with E-state index in [1.54, 1.807) is 20.0 Å². The number of nitrogens with zero attached hydrogens (tertiary/aromatic N) is 2. The molecule has 0 unspecified atom stereocenters. The highest BCUT2D eigenvalue weighted by Gasteiger charge is 2.47. The Hall–Kier alpha value is -1.60. The Bertz CT molecular complexity index is 484. The maximum Gasteiger partial charge on any atom is 0.245 e. The topological polar surface area (TPSA) is 101 Å². The number of aromatic nitrogens is 1. The molecule has 1 aromatic rings. The molecule has 1 aliphatic rings. The highest BCUT2D eigenvalue weighted by Crippen LogP contribution is 2.33. The van der Waals surface area contributed by atoms with Crippen molar-refractivity contribution in [3.63, 3.8) is 0 Å². The van der Waals surface area contributed by atoms with E-state index in [2.05, 4.69) is 10.5 Å². The summed E-state index contributed by atoms with van der Waals surface area (Å²) in [6.45, 7) is 1.67. The fourth-order valence-electron chi connectivity index (χ4n) is 1.62. The van der Waals surface area contributed by atoms with Crippen molar-refractivity contribution in [1.82, 2.24) is 10.1 Å². The highest BCUT2D eigenvalue weighted by molar-refractivity contribution is 5.96. The number of hydrogen-bond donors (Lipinski definition) is 2. The van der Waals surface area contributed by atoms with E-state index in [1.807, 2.05) is 0 Å². The minimum atomic E-state index is -0.750. The Labute approximate surface area is 116 Å². The van der Waals surface area contributed by atoms with Gasteiger partial charge in [0.25, 0.3) is 0 Å². The van der Waals surface area contributed by atoms with Gasteiger partial charge in [-0.2, -0.15) is 0 Å². The maximum absolute atomic E-state index is 11.8. The molecule has 0 aliphatic heterocycles. The summed E-state index contributed by atoms with van der Waals surface area (Å²) in [7, 11) is 1.56. The largest absolute Gasteiger partial charge is 0.360 e. The molecule has 1 fully saturated rings. The fourth-order valence-corrected chi connectivity index (χ4v) is 1.62. The molecule has 3 N–H and O–H groups in total. The second-order valence-corrected chi connectivity index (χ2v) is 4.69. The lowest BCUT2D eigenvalue weighted by Gasteiger charge is -2.19. The third-order valence-electron chi connectivity index (χ3n) is 2.84. The highest BCUT2D eigenvalue weighted by atomic mass is 35.5. The minimum absolute atomic E-state index is 0. The lowest BCUT2D eigenvalue weighted by atomic mass is 10.2. The number of aryl methyl sites for hydroxylation is 1. The molecule has 19 heavy (non-hydrogen) atoms. The number of carbonyl (C=O) groups is 2. The maximum atomic E-state index is 11.8. The molecule has 2 rings (SSSR count). The van der Waals surface area contributed by atoms with Gasteiger partial charge in [0.2, 0.25) is 11.8 Å². The Morgan fingerprint density at radius 2 is 2.21 bits per heavy atom. The van der Waals surface area contributed by atoms with Crippen molar-refractivity contribution >= 4 is 30.0 Å². The number of rotatable bonds is 4. The molecule has 1 heterocycles. The van der Waals surface area contributed by atoms with Crippen molar-refractivity contribution in [2.45, 2.75) is 25.3 Å².